The van der Waals surface area contributed by atoms with Gasteiger partial charge in [0, 0.05) is 32.9 Å². The third kappa shape index (κ3) is 3.88. The van der Waals surface area contributed by atoms with E-state index in [0.29, 0.717) is 0 Å². The largest absolute Gasteiger partial charge is 0.313 e. The summed E-state index contributed by atoms with van der Waals surface area (Å²) in [6, 6.07) is 52.9. The van der Waals surface area contributed by atoms with Crippen LogP contribution in [0.25, 0.3) is 71.7 Å². The average molecular weight is 563 g/mol. The lowest BCUT2D eigenvalue weighted by molar-refractivity contribution is 0.992. The Morgan fingerprint density at radius 2 is 0.955 bits per heavy atom. The normalized spacial score (nSPS) is 13.5. The second kappa shape index (κ2) is 10.00. The fraction of sp³-hybridized carbons (Fsp3) is 0.0476. The number of benzene rings is 6. The van der Waals surface area contributed by atoms with Gasteiger partial charge in [-0.1, -0.05) is 115 Å². The minimum Gasteiger partial charge on any atom is -0.313 e. The summed E-state index contributed by atoms with van der Waals surface area (Å²) in [6.45, 7) is 0. The first-order valence-electron chi connectivity index (χ1n) is 15.4. The van der Waals surface area contributed by atoms with E-state index in [1.54, 1.807) is 0 Å². The van der Waals surface area contributed by atoms with Gasteiger partial charge >= 0.3 is 0 Å². The predicted molar refractivity (Wildman–Crippen MR) is 187 cm³/mol. The number of para-hydroxylation sites is 2. The summed E-state index contributed by atoms with van der Waals surface area (Å²) >= 11 is 0. The molecular formula is C42H30N2. The Balaban J connectivity index is 1.31. The highest BCUT2D eigenvalue weighted by atomic mass is 15.0. The molecule has 0 amide bonds. The van der Waals surface area contributed by atoms with Crippen LogP contribution < -0.4 is 0 Å². The molecule has 0 N–H and O–H groups in total. The SMILES string of the molecule is C1=C(c2ccccc2)CCC(n2c3ccccc3c3cc4c5ccccc5n(-c5cccc(-c6ccccc6)c5)c4cc32)=C1. The highest BCUT2D eigenvalue weighted by Crippen LogP contribution is 2.41. The molecule has 9 rings (SSSR count). The van der Waals surface area contributed by atoms with Gasteiger partial charge in [0.15, 0.2) is 0 Å². The molecule has 8 aromatic rings. The van der Waals surface area contributed by atoms with Crippen molar-refractivity contribution in [1.82, 2.24) is 9.13 Å². The Morgan fingerprint density at radius 3 is 1.64 bits per heavy atom. The Hall–Kier alpha value is -5.60. The Bertz CT molecular complexity index is 2420. The van der Waals surface area contributed by atoms with Gasteiger partial charge < -0.3 is 9.13 Å². The van der Waals surface area contributed by atoms with Crippen LogP contribution in [0.5, 0.6) is 0 Å². The van der Waals surface area contributed by atoms with E-state index in [2.05, 4.69) is 167 Å². The van der Waals surface area contributed by atoms with Crippen LogP contribution in [-0.2, 0) is 0 Å². The topological polar surface area (TPSA) is 9.86 Å². The van der Waals surface area contributed by atoms with Gasteiger partial charge in [-0.3, -0.25) is 0 Å². The van der Waals surface area contributed by atoms with E-state index < -0.39 is 0 Å². The van der Waals surface area contributed by atoms with Crippen LogP contribution >= 0.6 is 0 Å². The fourth-order valence-corrected chi connectivity index (χ4v) is 7.18. The minimum absolute atomic E-state index is 0.995. The zero-order valence-corrected chi connectivity index (χ0v) is 24.3. The van der Waals surface area contributed by atoms with Crippen molar-refractivity contribution in [3.63, 3.8) is 0 Å². The molecule has 0 saturated carbocycles. The summed E-state index contributed by atoms with van der Waals surface area (Å²) in [5.41, 5.74) is 12.6. The van der Waals surface area contributed by atoms with Gasteiger partial charge in [0.25, 0.3) is 0 Å². The van der Waals surface area contributed by atoms with Crippen LogP contribution in [0.15, 0.2) is 158 Å². The Labute approximate surface area is 256 Å². The van der Waals surface area contributed by atoms with Crippen LogP contribution in [0, 0.1) is 0 Å². The molecule has 0 atom stereocenters. The molecule has 0 radical (unpaired) electrons. The second-order valence-corrected chi connectivity index (χ2v) is 11.7. The monoisotopic (exact) mass is 562 g/mol. The molecule has 0 spiro atoms. The van der Waals surface area contributed by atoms with Crippen molar-refractivity contribution in [2.75, 3.05) is 0 Å². The molecule has 2 aromatic heterocycles. The van der Waals surface area contributed by atoms with Crippen molar-refractivity contribution in [2.24, 2.45) is 0 Å². The van der Waals surface area contributed by atoms with E-state index in [-0.39, 0.29) is 0 Å². The van der Waals surface area contributed by atoms with E-state index in [0.717, 1.165) is 12.8 Å². The number of nitrogens with zero attached hydrogens (tertiary/aromatic N) is 2. The molecule has 2 heteroatoms. The maximum absolute atomic E-state index is 2.50. The Morgan fingerprint density at radius 1 is 0.364 bits per heavy atom. The average Bonchev–Trinajstić information content (AvgIpc) is 3.60. The lowest BCUT2D eigenvalue weighted by atomic mass is 9.96. The van der Waals surface area contributed by atoms with Gasteiger partial charge in [0.1, 0.15) is 0 Å². The van der Waals surface area contributed by atoms with Gasteiger partial charge in [-0.05, 0) is 77.6 Å². The highest BCUT2D eigenvalue weighted by Gasteiger charge is 2.20. The van der Waals surface area contributed by atoms with Crippen molar-refractivity contribution < 1.29 is 0 Å². The molecule has 208 valence electrons. The quantitative estimate of drug-likeness (QED) is 0.202. The molecule has 44 heavy (non-hydrogen) atoms. The fourth-order valence-electron chi connectivity index (χ4n) is 7.18. The highest BCUT2D eigenvalue weighted by molar-refractivity contribution is 6.19. The van der Waals surface area contributed by atoms with E-state index in [1.165, 1.54) is 77.3 Å². The van der Waals surface area contributed by atoms with Gasteiger partial charge in [-0.25, -0.2) is 0 Å². The second-order valence-electron chi connectivity index (χ2n) is 11.7. The number of allylic oxidation sites excluding steroid dienone is 4. The maximum atomic E-state index is 2.50. The van der Waals surface area contributed by atoms with Crippen LogP contribution in [0.3, 0.4) is 0 Å². The summed E-state index contributed by atoms with van der Waals surface area (Å²) in [7, 11) is 0. The van der Waals surface area contributed by atoms with Crippen molar-refractivity contribution in [3.05, 3.63) is 163 Å². The first-order valence-corrected chi connectivity index (χ1v) is 15.4. The third-order valence-corrected chi connectivity index (χ3v) is 9.24. The zero-order chi connectivity index (χ0) is 29.0. The molecule has 6 aromatic carbocycles. The smallest absolute Gasteiger partial charge is 0.0562 e. The number of hydrogen-bond donors (Lipinski definition) is 0. The summed E-state index contributed by atoms with van der Waals surface area (Å²) in [6.07, 6.45) is 6.67. The van der Waals surface area contributed by atoms with Gasteiger partial charge in [0.2, 0.25) is 0 Å². The van der Waals surface area contributed by atoms with Gasteiger partial charge in [0.05, 0.1) is 22.1 Å². The summed E-state index contributed by atoms with van der Waals surface area (Å²) < 4.78 is 4.95. The van der Waals surface area contributed by atoms with Crippen molar-refractivity contribution in [2.45, 2.75) is 12.8 Å². The molecule has 0 saturated heterocycles. The van der Waals surface area contributed by atoms with Gasteiger partial charge in [-0.2, -0.15) is 0 Å². The number of fused-ring (bicyclic) bond motifs is 6. The molecule has 0 fully saturated rings. The van der Waals surface area contributed by atoms with Crippen LogP contribution in [-0.4, -0.2) is 9.13 Å². The lowest BCUT2D eigenvalue weighted by Crippen LogP contribution is -2.01. The van der Waals surface area contributed by atoms with E-state index in [9.17, 15) is 0 Å². The Kier molecular flexibility index (Phi) is 5.67. The zero-order valence-electron chi connectivity index (χ0n) is 24.3. The minimum atomic E-state index is 0.995. The van der Waals surface area contributed by atoms with Gasteiger partial charge in [-0.15, -0.1) is 0 Å². The molecule has 0 unspecified atom stereocenters. The van der Waals surface area contributed by atoms with Crippen molar-refractivity contribution in [1.29, 1.82) is 0 Å². The molecule has 1 aliphatic rings. The summed E-state index contributed by atoms with van der Waals surface area (Å²) in [5.74, 6) is 0. The molecule has 0 bridgehead atoms. The summed E-state index contributed by atoms with van der Waals surface area (Å²) in [4.78, 5) is 0. The van der Waals surface area contributed by atoms with E-state index in [1.807, 2.05) is 0 Å². The molecular weight excluding hydrogens is 532 g/mol. The van der Waals surface area contributed by atoms with Crippen molar-refractivity contribution >= 4 is 54.9 Å². The lowest BCUT2D eigenvalue weighted by Gasteiger charge is -2.18. The number of hydrogen-bond acceptors (Lipinski definition) is 0. The van der Waals surface area contributed by atoms with Crippen LogP contribution in [0.2, 0.25) is 0 Å². The molecule has 0 aliphatic heterocycles. The van der Waals surface area contributed by atoms with E-state index >= 15 is 0 Å². The molecule has 2 nitrogen and oxygen atoms in total. The number of rotatable bonds is 4. The third-order valence-electron chi connectivity index (χ3n) is 9.24. The first-order chi connectivity index (χ1) is 21.8. The first kappa shape index (κ1) is 24.9. The van der Waals surface area contributed by atoms with Crippen LogP contribution in [0.4, 0.5) is 0 Å². The maximum Gasteiger partial charge on any atom is 0.0562 e. The van der Waals surface area contributed by atoms with E-state index in [4.69, 9.17) is 0 Å². The van der Waals surface area contributed by atoms with Crippen LogP contribution in [0.1, 0.15) is 18.4 Å². The predicted octanol–water partition coefficient (Wildman–Crippen LogP) is 11.3. The number of aromatic nitrogens is 2. The summed E-state index contributed by atoms with van der Waals surface area (Å²) in [5, 5.41) is 5.16. The standard InChI is InChI=1S/C42H30N2/c1-3-12-29(13-4-1)31-22-24-33(25-23-31)43-39-20-9-7-18-35(39)37-27-38-36-19-8-10-21-40(36)44(42(38)28-41(37)43)34-17-11-16-32(26-34)30-14-5-2-6-15-30/h1-22,24,26-28H,23,25H2. The van der Waals surface area contributed by atoms with Crippen molar-refractivity contribution in [3.8, 4) is 16.8 Å². The molecule has 1 aliphatic carbocycles. The molecule has 2 heterocycles.